The summed E-state index contributed by atoms with van der Waals surface area (Å²) >= 11 is 0. The molecular formula is C23H35N5O3. The van der Waals surface area contributed by atoms with E-state index in [2.05, 4.69) is 20.6 Å². The van der Waals surface area contributed by atoms with Gasteiger partial charge < -0.3 is 29.7 Å². The third-order valence-corrected chi connectivity index (χ3v) is 5.81. The lowest BCUT2D eigenvalue weighted by atomic mass is 9.86. The van der Waals surface area contributed by atoms with Gasteiger partial charge >= 0.3 is 0 Å². The van der Waals surface area contributed by atoms with Gasteiger partial charge in [0.05, 0.1) is 21.3 Å². The number of anilines is 2. The van der Waals surface area contributed by atoms with Crippen molar-refractivity contribution in [3.63, 3.8) is 0 Å². The number of hydrogen-bond acceptors (Lipinski definition) is 8. The number of nitrogens with zero attached hydrogens (tertiary/aromatic N) is 3. The van der Waals surface area contributed by atoms with E-state index in [0.29, 0.717) is 29.4 Å². The van der Waals surface area contributed by atoms with Crippen LogP contribution in [0.15, 0.2) is 24.4 Å². The number of ether oxygens (including phenoxy) is 3. The van der Waals surface area contributed by atoms with Gasteiger partial charge in [-0.3, -0.25) is 0 Å². The van der Waals surface area contributed by atoms with Crippen LogP contribution in [0.25, 0.3) is 0 Å². The van der Waals surface area contributed by atoms with Gasteiger partial charge in [0.25, 0.3) is 0 Å². The Bertz CT molecular complexity index is 838. The van der Waals surface area contributed by atoms with E-state index in [-0.39, 0.29) is 0 Å². The molecule has 0 bridgehead atoms. The standard InChI is InChI=1S/C23H35N5O3/c1-28(2)22-10-11-25-23(27-22)26-18-8-6-16(7-9-18)14-24-15-17-12-20(30-4)21(31-5)13-19(17)29-3/h10-13,16,18,24H,6-9,14-15H2,1-5H3,(H,25,26,27). The Morgan fingerprint density at radius 3 is 2.29 bits per heavy atom. The fourth-order valence-electron chi connectivity index (χ4n) is 4.00. The molecule has 2 N–H and O–H groups in total. The molecule has 0 aliphatic heterocycles. The topological polar surface area (TPSA) is 80.8 Å². The van der Waals surface area contributed by atoms with Crippen molar-refractivity contribution in [3.05, 3.63) is 30.0 Å². The molecule has 1 aromatic heterocycles. The summed E-state index contributed by atoms with van der Waals surface area (Å²) in [6, 6.07) is 6.20. The largest absolute Gasteiger partial charge is 0.496 e. The fraction of sp³-hybridized carbons (Fsp3) is 0.565. The van der Waals surface area contributed by atoms with Crippen LogP contribution in [0, 0.1) is 5.92 Å². The van der Waals surface area contributed by atoms with Gasteiger partial charge in [-0.25, -0.2) is 4.98 Å². The molecule has 1 aliphatic rings. The van der Waals surface area contributed by atoms with Crippen LogP contribution in [-0.2, 0) is 6.54 Å². The van der Waals surface area contributed by atoms with Crippen molar-refractivity contribution >= 4 is 11.8 Å². The van der Waals surface area contributed by atoms with Gasteiger partial charge in [0, 0.05) is 44.5 Å². The minimum absolute atomic E-state index is 0.430. The van der Waals surface area contributed by atoms with Gasteiger partial charge in [-0.15, -0.1) is 0 Å². The van der Waals surface area contributed by atoms with E-state index in [9.17, 15) is 0 Å². The zero-order chi connectivity index (χ0) is 22.2. The molecule has 1 aromatic carbocycles. The summed E-state index contributed by atoms with van der Waals surface area (Å²) in [5.41, 5.74) is 1.06. The number of rotatable bonds is 10. The predicted octanol–water partition coefficient (Wildman–Crippen LogP) is 3.33. The maximum absolute atomic E-state index is 5.52. The lowest BCUT2D eigenvalue weighted by molar-refractivity contribution is 0.321. The lowest BCUT2D eigenvalue weighted by Gasteiger charge is -2.29. The lowest BCUT2D eigenvalue weighted by Crippen LogP contribution is -2.31. The third-order valence-electron chi connectivity index (χ3n) is 5.81. The van der Waals surface area contributed by atoms with Crippen LogP contribution < -0.4 is 29.7 Å². The van der Waals surface area contributed by atoms with E-state index >= 15 is 0 Å². The average molecular weight is 430 g/mol. The highest BCUT2D eigenvalue weighted by molar-refractivity contribution is 5.50. The Morgan fingerprint density at radius 2 is 1.65 bits per heavy atom. The zero-order valence-electron chi connectivity index (χ0n) is 19.3. The molecule has 8 nitrogen and oxygen atoms in total. The first-order chi connectivity index (χ1) is 15.0. The summed E-state index contributed by atoms with van der Waals surface area (Å²) in [5.74, 6) is 4.49. The van der Waals surface area contributed by atoms with Crippen LogP contribution >= 0.6 is 0 Å². The van der Waals surface area contributed by atoms with Gasteiger partial charge in [0.2, 0.25) is 5.95 Å². The second-order valence-electron chi connectivity index (χ2n) is 8.14. The van der Waals surface area contributed by atoms with Gasteiger partial charge in [0.1, 0.15) is 11.6 Å². The molecule has 0 amide bonds. The molecule has 2 aromatic rings. The van der Waals surface area contributed by atoms with Crippen molar-refractivity contribution in [3.8, 4) is 17.2 Å². The minimum Gasteiger partial charge on any atom is -0.496 e. The number of aromatic nitrogens is 2. The quantitative estimate of drug-likeness (QED) is 0.595. The summed E-state index contributed by atoms with van der Waals surface area (Å²) < 4.78 is 16.3. The van der Waals surface area contributed by atoms with Crippen molar-refractivity contribution in [1.82, 2.24) is 15.3 Å². The van der Waals surface area contributed by atoms with Gasteiger partial charge in [-0.1, -0.05) is 0 Å². The second-order valence-corrected chi connectivity index (χ2v) is 8.14. The SMILES string of the molecule is COc1cc(OC)c(OC)cc1CNCC1CCC(Nc2nccc(N(C)C)n2)CC1. The summed E-state index contributed by atoms with van der Waals surface area (Å²) in [7, 11) is 8.93. The molecule has 8 heteroatoms. The first-order valence-corrected chi connectivity index (χ1v) is 10.8. The summed E-state index contributed by atoms with van der Waals surface area (Å²) in [6.07, 6.45) is 6.42. The average Bonchev–Trinajstić information content (AvgIpc) is 2.80. The van der Waals surface area contributed by atoms with Gasteiger partial charge in [-0.05, 0) is 50.3 Å². The normalized spacial score (nSPS) is 18.4. The molecule has 170 valence electrons. The van der Waals surface area contributed by atoms with E-state index in [0.717, 1.165) is 43.1 Å². The molecule has 1 aliphatic carbocycles. The molecule has 1 saturated carbocycles. The third kappa shape index (κ3) is 6.13. The molecule has 1 heterocycles. The molecule has 0 unspecified atom stereocenters. The van der Waals surface area contributed by atoms with Crippen LogP contribution in [0.1, 0.15) is 31.2 Å². The van der Waals surface area contributed by atoms with Crippen LogP contribution in [0.3, 0.4) is 0 Å². The van der Waals surface area contributed by atoms with E-state index in [4.69, 9.17) is 14.2 Å². The second kappa shape index (κ2) is 11.0. The molecule has 31 heavy (non-hydrogen) atoms. The minimum atomic E-state index is 0.430. The van der Waals surface area contributed by atoms with E-state index in [1.165, 1.54) is 12.8 Å². The summed E-state index contributed by atoms with van der Waals surface area (Å²) in [6.45, 7) is 1.71. The number of hydrogen-bond donors (Lipinski definition) is 2. The number of methoxy groups -OCH3 is 3. The number of benzene rings is 1. The van der Waals surface area contributed by atoms with Gasteiger partial charge in [-0.2, -0.15) is 4.98 Å². The summed E-state index contributed by atoms with van der Waals surface area (Å²) in [4.78, 5) is 10.9. The highest BCUT2D eigenvalue weighted by Crippen LogP contribution is 2.34. The molecule has 1 fully saturated rings. The monoisotopic (exact) mass is 429 g/mol. The van der Waals surface area contributed by atoms with Crippen molar-refractivity contribution in [2.75, 3.05) is 52.2 Å². The zero-order valence-corrected chi connectivity index (χ0v) is 19.3. The molecule has 3 rings (SSSR count). The van der Waals surface area contributed by atoms with Crippen LogP contribution in [0.4, 0.5) is 11.8 Å². The van der Waals surface area contributed by atoms with E-state index in [1.807, 2.05) is 43.4 Å². The van der Waals surface area contributed by atoms with Crippen LogP contribution in [0.5, 0.6) is 17.2 Å². The Balaban J connectivity index is 1.46. The first kappa shape index (κ1) is 22.9. The molecule has 0 spiro atoms. The van der Waals surface area contributed by atoms with Crippen LogP contribution in [-0.4, -0.2) is 58.0 Å². The Kier molecular flexibility index (Phi) is 8.17. The van der Waals surface area contributed by atoms with Crippen LogP contribution in [0.2, 0.25) is 0 Å². The van der Waals surface area contributed by atoms with Crippen molar-refractivity contribution in [2.24, 2.45) is 5.92 Å². The van der Waals surface area contributed by atoms with E-state index in [1.54, 1.807) is 21.3 Å². The first-order valence-electron chi connectivity index (χ1n) is 10.8. The Hall–Kier alpha value is -2.74. The highest BCUT2D eigenvalue weighted by atomic mass is 16.5. The molecule has 0 atom stereocenters. The Labute approximate surface area is 185 Å². The van der Waals surface area contributed by atoms with Gasteiger partial charge in [0.15, 0.2) is 11.5 Å². The van der Waals surface area contributed by atoms with E-state index < -0.39 is 0 Å². The van der Waals surface area contributed by atoms with Crippen molar-refractivity contribution in [2.45, 2.75) is 38.3 Å². The predicted molar refractivity (Wildman–Crippen MR) is 124 cm³/mol. The number of nitrogens with one attached hydrogen (secondary N) is 2. The Morgan fingerprint density at radius 1 is 0.968 bits per heavy atom. The summed E-state index contributed by atoms with van der Waals surface area (Å²) in [5, 5.41) is 7.10. The maximum atomic E-state index is 5.52. The fourth-order valence-corrected chi connectivity index (χ4v) is 4.00. The van der Waals surface area contributed by atoms with Crippen molar-refractivity contribution < 1.29 is 14.2 Å². The molecule has 0 radical (unpaired) electrons. The smallest absolute Gasteiger partial charge is 0.224 e. The molecular weight excluding hydrogens is 394 g/mol. The maximum Gasteiger partial charge on any atom is 0.224 e. The highest BCUT2D eigenvalue weighted by Gasteiger charge is 2.22. The molecule has 0 saturated heterocycles. The van der Waals surface area contributed by atoms with Crippen molar-refractivity contribution in [1.29, 1.82) is 0 Å².